The van der Waals surface area contributed by atoms with E-state index in [0.717, 1.165) is 5.52 Å². The van der Waals surface area contributed by atoms with E-state index in [0.29, 0.717) is 5.92 Å². The third-order valence-corrected chi connectivity index (χ3v) is 2.81. The van der Waals surface area contributed by atoms with Gasteiger partial charge in [-0.1, -0.05) is 32.0 Å². The molecule has 2 rings (SSSR count). The summed E-state index contributed by atoms with van der Waals surface area (Å²) < 4.78 is 0. The highest BCUT2D eigenvalue weighted by molar-refractivity contribution is 5.78. The van der Waals surface area contributed by atoms with E-state index in [2.05, 4.69) is 43.1 Å². The monoisotopic (exact) mass is 185 g/mol. The van der Waals surface area contributed by atoms with Crippen LogP contribution < -0.4 is 0 Å². The summed E-state index contributed by atoms with van der Waals surface area (Å²) in [4.78, 5) is 4.36. The Bertz CT molecular complexity index is 434. The second-order valence-electron chi connectivity index (χ2n) is 3.76. The highest BCUT2D eigenvalue weighted by Gasteiger charge is 2.03. The number of hydrogen-bond donors (Lipinski definition) is 0. The third kappa shape index (κ3) is 1.63. The molecule has 14 heavy (non-hydrogen) atoms. The van der Waals surface area contributed by atoms with Crippen molar-refractivity contribution >= 4 is 10.9 Å². The lowest BCUT2D eigenvalue weighted by atomic mass is 9.97. The summed E-state index contributed by atoms with van der Waals surface area (Å²) in [7, 11) is 0. The Morgan fingerprint density at radius 3 is 2.93 bits per heavy atom. The fraction of sp³-hybridized carbons (Fsp3) is 0.308. The van der Waals surface area contributed by atoms with Gasteiger partial charge in [0.25, 0.3) is 0 Å². The Labute approximate surface area is 84.8 Å². The molecule has 72 valence electrons. The highest BCUT2D eigenvalue weighted by atomic mass is 14.6. The predicted octanol–water partition coefficient (Wildman–Crippen LogP) is 3.75. The highest BCUT2D eigenvalue weighted by Crippen LogP contribution is 2.22. The average molecular weight is 185 g/mol. The van der Waals surface area contributed by atoms with Crippen molar-refractivity contribution in [1.82, 2.24) is 4.98 Å². The molecule has 0 saturated heterocycles. The normalized spacial score (nSPS) is 13.0. The summed E-state index contributed by atoms with van der Waals surface area (Å²) in [6, 6.07) is 10.6. The number of pyridine rings is 1. The molecule has 1 heterocycles. The molecule has 0 spiro atoms. The van der Waals surface area contributed by atoms with E-state index in [4.69, 9.17) is 0 Å². The number of nitrogens with zero attached hydrogens (tertiary/aromatic N) is 1. The molecule has 0 N–H and O–H groups in total. The molecule has 0 aliphatic heterocycles. The Balaban J connectivity index is 2.51. The van der Waals surface area contributed by atoms with Crippen molar-refractivity contribution in [2.24, 2.45) is 0 Å². The fourth-order valence-corrected chi connectivity index (χ4v) is 1.63. The molecule has 0 saturated carbocycles. The lowest BCUT2D eigenvalue weighted by Gasteiger charge is -2.09. The summed E-state index contributed by atoms with van der Waals surface area (Å²) in [5.74, 6) is 0.626. The number of aromatic nitrogens is 1. The van der Waals surface area contributed by atoms with E-state index >= 15 is 0 Å². The van der Waals surface area contributed by atoms with Crippen molar-refractivity contribution in [1.29, 1.82) is 0 Å². The summed E-state index contributed by atoms with van der Waals surface area (Å²) in [5, 5.41) is 1.22. The third-order valence-electron chi connectivity index (χ3n) is 2.81. The number of rotatable bonds is 2. The second kappa shape index (κ2) is 3.79. The Morgan fingerprint density at radius 1 is 1.29 bits per heavy atom. The van der Waals surface area contributed by atoms with Crippen molar-refractivity contribution in [3.05, 3.63) is 42.1 Å². The molecule has 1 heteroatoms. The van der Waals surface area contributed by atoms with Gasteiger partial charge in [0.15, 0.2) is 0 Å². The summed E-state index contributed by atoms with van der Waals surface area (Å²) in [5.41, 5.74) is 2.49. The van der Waals surface area contributed by atoms with Gasteiger partial charge in [-0.25, -0.2) is 0 Å². The zero-order valence-corrected chi connectivity index (χ0v) is 8.70. The van der Waals surface area contributed by atoms with E-state index in [1.54, 1.807) is 0 Å². The van der Waals surface area contributed by atoms with Crippen LogP contribution in [0.3, 0.4) is 0 Å². The zero-order valence-electron chi connectivity index (χ0n) is 8.70. The molecule has 0 bridgehead atoms. The maximum atomic E-state index is 4.36. The van der Waals surface area contributed by atoms with Gasteiger partial charge in [-0.3, -0.25) is 4.98 Å². The molecule has 1 nitrogen and oxygen atoms in total. The van der Waals surface area contributed by atoms with E-state index in [9.17, 15) is 0 Å². The lowest BCUT2D eigenvalue weighted by Crippen LogP contribution is -1.91. The van der Waals surface area contributed by atoms with E-state index in [1.165, 1.54) is 17.4 Å². The smallest absolute Gasteiger partial charge is 0.0704 e. The van der Waals surface area contributed by atoms with Crippen LogP contribution in [-0.4, -0.2) is 4.98 Å². The maximum absolute atomic E-state index is 4.36. The molecular formula is C13H15N. The first-order valence-corrected chi connectivity index (χ1v) is 5.16. The van der Waals surface area contributed by atoms with Crippen LogP contribution in [0.4, 0.5) is 0 Å². The van der Waals surface area contributed by atoms with Gasteiger partial charge in [-0.15, -0.1) is 0 Å². The number of benzene rings is 1. The second-order valence-corrected chi connectivity index (χ2v) is 3.76. The number of fused-ring (bicyclic) bond motifs is 1. The largest absolute Gasteiger partial charge is 0.256 e. The van der Waals surface area contributed by atoms with Gasteiger partial charge < -0.3 is 0 Å². The first-order chi connectivity index (χ1) is 6.81. The van der Waals surface area contributed by atoms with Crippen LogP contribution in [0, 0.1) is 0 Å². The molecule has 0 aliphatic rings. The van der Waals surface area contributed by atoms with Crippen LogP contribution in [-0.2, 0) is 0 Å². The van der Waals surface area contributed by atoms with Gasteiger partial charge in [0.1, 0.15) is 0 Å². The Morgan fingerprint density at radius 2 is 2.14 bits per heavy atom. The molecular weight excluding hydrogens is 170 g/mol. The average Bonchev–Trinajstić information content (AvgIpc) is 2.27. The van der Waals surface area contributed by atoms with Crippen molar-refractivity contribution < 1.29 is 0 Å². The summed E-state index contributed by atoms with van der Waals surface area (Å²) in [6.45, 7) is 4.47. The molecule has 1 aromatic carbocycles. The molecule has 1 unspecified atom stereocenters. The lowest BCUT2D eigenvalue weighted by molar-refractivity contribution is 0.734. The standard InChI is InChI=1S/C13H15N/c1-3-10(2)12-7-6-11-5-4-8-14-13(11)9-12/h4-10H,3H2,1-2H3. The van der Waals surface area contributed by atoms with Crippen LogP contribution >= 0.6 is 0 Å². The zero-order chi connectivity index (χ0) is 9.97. The minimum absolute atomic E-state index is 0.626. The van der Waals surface area contributed by atoms with Gasteiger partial charge in [0, 0.05) is 11.6 Å². The van der Waals surface area contributed by atoms with Crippen molar-refractivity contribution in [3.63, 3.8) is 0 Å². The van der Waals surface area contributed by atoms with E-state index in [-0.39, 0.29) is 0 Å². The van der Waals surface area contributed by atoms with Gasteiger partial charge in [0.2, 0.25) is 0 Å². The van der Waals surface area contributed by atoms with E-state index < -0.39 is 0 Å². The fourth-order valence-electron chi connectivity index (χ4n) is 1.63. The van der Waals surface area contributed by atoms with Gasteiger partial charge in [-0.05, 0) is 30.0 Å². The minimum atomic E-state index is 0.626. The minimum Gasteiger partial charge on any atom is -0.256 e. The van der Waals surface area contributed by atoms with Gasteiger partial charge >= 0.3 is 0 Å². The maximum Gasteiger partial charge on any atom is 0.0704 e. The molecule has 0 radical (unpaired) electrons. The molecule has 0 aliphatic carbocycles. The predicted molar refractivity (Wildman–Crippen MR) is 60.4 cm³/mol. The van der Waals surface area contributed by atoms with Crippen LogP contribution in [0.25, 0.3) is 10.9 Å². The molecule has 0 fully saturated rings. The quantitative estimate of drug-likeness (QED) is 0.694. The van der Waals surface area contributed by atoms with Crippen LogP contribution in [0.5, 0.6) is 0 Å². The first kappa shape index (κ1) is 9.20. The Hall–Kier alpha value is -1.37. The Kier molecular flexibility index (Phi) is 2.49. The molecule has 1 atom stereocenters. The van der Waals surface area contributed by atoms with Gasteiger partial charge in [-0.2, -0.15) is 0 Å². The molecule has 2 aromatic rings. The molecule has 1 aromatic heterocycles. The van der Waals surface area contributed by atoms with Crippen molar-refractivity contribution in [2.45, 2.75) is 26.2 Å². The summed E-state index contributed by atoms with van der Waals surface area (Å²) in [6.07, 6.45) is 3.03. The summed E-state index contributed by atoms with van der Waals surface area (Å²) >= 11 is 0. The van der Waals surface area contributed by atoms with Crippen molar-refractivity contribution in [3.8, 4) is 0 Å². The SMILES string of the molecule is CCC(C)c1ccc2cccnc2c1. The number of hydrogen-bond acceptors (Lipinski definition) is 1. The van der Waals surface area contributed by atoms with Gasteiger partial charge in [0.05, 0.1) is 5.52 Å². The van der Waals surface area contributed by atoms with Crippen molar-refractivity contribution in [2.75, 3.05) is 0 Å². The van der Waals surface area contributed by atoms with E-state index in [1.807, 2.05) is 12.3 Å². The molecule has 0 amide bonds. The topological polar surface area (TPSA) is 12.9 Å². The van der Waals surface area contributed by atoms with Crippen LogP contribution in [0.1, 0.15) is 31.7 Å². The van der Waals surface area contributed by atoms with Crippen LogP contribution in [0.2, 0.25) is 0 Å². The van der Waals surface area contributed by atoms with Crippen LogP contribution in [0.15, 0.2) is 36.5 Å². The first-order valence-electron chi connectivity index (χ1n) is 5.16.